The number of nitrogens with zero attached hydrogens (tertiary/aromatic N) is 1. The molecule has 0 bridgehead atoms. The molecule has 0 aliphatic heterocycles. The molecule has 1 N–H and O–H groups in total. The lowest BCUT2D eigenvalue weighted by molar-refractivity contribution is -0.123. The van der Waals surface area contributed by atoms with Gasteiger partial charge in [0, 0.05) is 16.8 Å². The number of esters is 1. The summed E-state index contributed by atoms with van der Waals surface area (Å²) in [7, 11) is 0. The lowest BCUT2D eigenvalue weighted by Crippen LogP contribution is -2.30. The van der Waals surface area contributed by atoms with Crippen LogP contribution in [0.3, 0.4) is 0 Å². The van der Waals surface area contributed by atoms with Gasteiger partial charge in [0.2, 0.25) is 0 Å². The predicted molar refractivity (Wildman–Crippen MR) is 101 cm³/mol. The molecule has 0 fully saturated rings. The van der Waals surface area contributed by atoms with Gasteiger partial charge in [-0.3, -0.25) is 9.78 Å². The topological polar surface area (TPSA) is 68.3 Å². The zero-order valence-electron chi connectivity index (χ0n) is 14.9. The highest BCUT2D eigenvalue weighted by Crippen LogP contribution is 2.20. The molecule has 0 spiro atoms. The molecule has 2 aromatic carbocycles. The summed E-state index contributed by atoms with van der Waals surface area (Å²) in [6.45, 7) is 5.28. The van der Waals surface area contributed by atoms with Crippen molar-refractivity contribution < 1.29 is 14.3 Å². The monoisotopic (exact) mass is 348 g/mol. The van der Waals surface area contributed by atoms with Crippen LogP contribution >= 0.6 is 0 Å². The molecule has 0 unspecified atom stereocenters. The first-order chi connectivity index (χ1) is 12.5. The Morgan fingerprint density at radius 2 is 1.73 bits per heavy atom. The SMILES string of the molecule is Cc1cc(C(=O)O[C@H](C)C(=O)Nc2ccccc2C)c2ccccc2n1. The van der Waals surface area contributed by atoms with Crippen molar-refractivity contribution in [1.82, 2.24) is 4.98 Å². The molecule has 26 heavy (non-hydrogen) atoms. The molecule has 0 saturated carbocycles. The van der Waals surface area contributed by atoms with E-state index in [0.717, 1.165) is 11.1 Å². The van der Waals surface area contributed by atoms with Gasteiger partial charge in [-0.05, 0) is 44.5 Å². The largest absolute Gasteiger partial charge is 0.449 e. The molecule has 1 atom stereocenters. The maximum Gasteiger partial charge on any atom is 0.339 e. The second-order valence-corrected chi connectivity index (χ2v) is 6.18. The zero-order chi connectivity index (χ0) is 18.7. The molecular formula is C21H20N2O3. The molecule has 132 valence electrons. The first-order valence-electron chi connectivity index (χ1n) is 8.39. The lowest BCUT2D eigenvalue weighted by atomic mass is 10.1. The van der Waals surface area contributed by atoms with Crippen molar-refractivity contribution in [2.45, 2.75) is 26.9 Å². The normalized spacial score (nSPS) is 11.8. The Morgan fingerprint density at radius 1 is 1.04 bits per heavy atom. The van der Waals surface area contributed by atoms with Crippen LogP contribution in [-0.2, 0) is 9.53 Å². The summed E-state index contributed by atoms with van der Waals surface area (Å²) in [5, 5.41) is 3.49. The number of carbonyl (C=O) groups excluding carboxylic acids is 2. The van der Waals surface area contributed by atoms with Crippen LogP contribution in [0.25, 0.3) is 10.9 Å². The second kappa shape index (κ2) is 7.35. The Morgan fingerprint density at radius 3 is 2.50 bits per heavy atom. The molecule has 1 amide bonds. The van der Waals surface area contributed by atoms with Crippen LogP contribution in [0.1, 0.15) is 28.5 Å². The number of hydrogen-bond acceptors (Lipinski definition) is 4. The lowest BCUT2D eigenvalue weighted by Gasteiger charge is -2.15. The molecule has 0 aliphatic rings. The van der Waals surface area contributed by atoms with E-state index >= 15 is 0 Å². The number of nitrogens with one attached hydrogen (secondary N) is 1. The van der Waals surface area contributed by atoms with Crippen molar-refractivity contribution in [2.24, 2.45) is 0 Å². The molecule has 0 aliphatic carbocycles. The quantitative estimate of drug-likeness (QED) is 0.723. The van der Waals surface area contributed by atoms with Crippen molar-refractivity contribution in [3.63, 3.8) is 0 Å². The number of fused-ring (bicyclic) bond motifs is 1. The summed E-state index contributed by atoms with van der Waals surface area (Å²) in [6, 6.07) is 16.5. The minimum atomic E-state index is -0.922. The summed E-state index contributed by atoms with van der Waals surface area (Å²) >= 11 is 0. The fourth-order valence-corrected chi connectivity index (χ4v) is 2.70. The van der Waals surface area contributed by atoms with Crippen LogP contribution in [-0.4, -0.2) is 23.0 Å². The van der Waals surface area contributed by atoms with Crippen LogP contribution < -0.4 is 5.32 Å². The van der Waals surface area contributed by atoms with Crippen molar-refractivity contribution in [1.29, 1.82) is 0 Å². The van der Waals surface area contributed by atoms with Gasteiger partial charge >= 0.3 is 5.97 Å². The first kappa shape index (κ1) is 17.6. The third kappa shape index (κ3) is 3.72. The number of anilines is 1. The summed E-state index contributed by atoms with van der Waals surface area (Å²) in [4.78, 5) is 29.4. The Kier molecular flexibility index (Phi) is 4.98. The van der Waals surface area contributed by atoms with E-state index in [4.69, 9.17) is 4.74 Å². The van der Waals surface area contributed by atoms with Crippen molar-refractivity contribution in [2.75, 3.05) is 5.32 Å². The first-order valence-corrected chi connectivity index (χ1v) is 8.39. The average molecular weight is 348 g/mol. The van der Waals surface area contributed by atoms with Gasteiger partial charge in [-0.2, -0.15) is 0 Å². The number of ether oxygens (including phenoxy) is 1. The van der Waals surface area contributed by atoms with Gasteiger partial charge in [0.15, 0.2) is 6.10 Å². The third-order valence-corrected chi connectivity index (χ3v) is 4.12. The van der Waals surface area contributed by atoms with E-state index in [1.54, 1.807) is 13.0 Å². The molecule has 3 rings (SSSR count). The standard InChI is InChI=1S/C21H20N2O3/c1-13-8-4-6-10-18(13)23-20(24)15(3)26-21(25)17-12-14(2)22-19-11-7-5-9-16(17)19/h4-12,15H,1-3H3,(H,23,24)/t15-/m1/s1. The van der Waals surface area contributed by atoms with Crippen LogP contribution in [0, 0.1) is 13.8 Å². The number of hydrogen-bond donors (Lipinski definition) is 1. The second-order valence-electron chi connectivity index (χ2n) is 6.18. The summed E-state index contributed by atoms with van der Waals surface area (Å²) in [6.07, 6.45) is -0.922. The Balaban J connectivity index is 1.77. The number of aryl methyl sites for hydroxylation is 2. The number of aromatic nitrogens is 1. The minimum Gasteiger partial charge on any atom is -0.449 e. The Hall–Kier alpha value is -3.21. The average Bonchev–Trinajstić information content (AvgIpc) is 2.62. The van der Waals surface area contributed by atoms with Gasteiger partial charge in [0.1, 0.15) is 0 Å². The van der Waals surface area contributed by atoms with Crippen molar-refractivity contribution in [3.05, 3.63) is 71.4 Å². The maximum atomic E-state index is 12.6. The molecule has 3 aromatic rings. The van der Waals surface area contributed by atoms with Gasteiger partial charge in [-0.1, -0.05) is 36.4 Å². The number of pyridine rings is 1. The summed E-state index contributed by atoms with van der Waals surface area (Å²) in [5.74, 6) is -0.915. The van der Waals surface area contributed by atoms with E-state index < -0.39 is 12.1 Å². The fraction of sp³-hybridized carbons (Fsp3) is 0.190. The van der Waals surface area contributed by atoms with Gasteiger partial charge in [-0.15, -0.1) is 0 Å². The summed E-state index contributed by atoms with van der Waals surface area (Å²) < 4.78 is 5.39. The number of amides is 1. The number of benzene rings is 2. The van der Waals surface area contributed by atoms with E-state index in [0.29, 0.717) is 22.3 Å². The minimum absolute atomic E-state index is 0.372. The van der Waals surface area contributed by atoms with Gasteiger partial charge in [-0.25, -0.2) is 4.79 Å². The van der Waals surface area contributed by atoms with E-state index in [1.807, 2.05) is 62.4 Å². The highest BCUT2D eigenvalue weighted by atomic mass is 16.5. The smallest absolute Gasteiger partial charge is 0.339 e. The maximum absolute atomic E-state index is 12.6. The van der Waals surface area contributed by atoms with E-state index in [2.05, 4.69) is 10.3 Å². The van der Waals surface area contributed by atoms with Crippen LogP contribution in [0.4, 0.5) is 5.69 Å². The zero-order valence-corrected chi connectivity index (χ0v) is 14.9. The molecule has 1 heterocycles. The van der Waals surface area contributed by atoms with Crippen molar-refractivity contribution >= 4 is 28.5 Å². The van der Waals surface area contributed by atoms with Crippen LogP contribution in [0.2, 0.25) is 0 Å². The van der Waals surface area contributed by atoms with Crippen LogP contribution in [0.15, 0.2) is 54.6 Å². The van der Waals surface area contributed by atoms with Crippen molar-refractivity contribution in [3.8, 4) is 0 Å². The molecule has 0 radical (unpaired) electrons. The Bertz CT molecular complexity index is 982. The molecule has 1 aromatic heterocycles. The number of para-hydroxylation sites is 2. The van der Waals surface area contributed by atoms with Gasteiger partial charge < -0.3 is 10.1 Å². The van der Waals surface area contributed by atoms with Crippen LogP contribution in [0.5, 0.6) is 0 Å². The molecular weight excluding hydrogens is 328 g/mol. The number of rotatable bonds is 4. The van der Waals surface area contributed by atoms with E-state index in [-0.39, 0.29) is 5.91 Å². The third-order valence-electron chi connectivity index (χ3n) is 4.12. The van der Waals surface area contributed by atoms with E-state index in [1.165, 1.54) is 0 Å². The highest BCUT2D eigenvalue weighted by molar-refractivity contribution is 6.05. The molecule has 0 saturated heterocycles. The Labute approximate surface area is 152 Å². The molecule has 5 heteroatoms. The fourth-order valence-electron chi connectivity index (χ4n) is 2.70. The van der Waals surface area contributed by atoms with Gasteiger partial charge in [0.05, 0.1) is 11.1 Å². The predicted octanol–water partition coefficient (Wildman–Crippen LogP) is 4.04. The highest BCUT2D eigenvalue weighted by Gasteiger charge is 2.21. The van der Waals surface area contributed by atoms with E-state index in [9.17, 15) is 9.59 Å². The molecule has 5 nitrogen and oxygen atoms in total. The summed E-state index contributed by atoms with van der Waals surface area (Å²) in [5.41, 5.74) is 3.48. The van der Waals surface area contributed by atoms with Gasteiger partial charge in [0.25, 0.3) is 5.91 Å². The number of carbonyl (C=O) groups is 2.